The van der Waals surface area contributed by atoms with Gasteiger partial charge in [-0.15, -0.1) is 0 Å². The van der Waals surface area contributed by atoms with Gasteiger partial charge in [-0.2, -0.15) is 5.10 Å². The van der Waals surface area contributed by atoms with Gasteiger partial charge in [0.25, 0.3) is 0 Å². The zero-order chi connectivity index (χ0) is 14.7. The van der Waals surface area contributed by atoms with Gasteiger partial charge < -0.3 is 10.5 Å². The molecule has 1 aromatic carbocycles. The van der Waals surface area contributed by atoms with Crippen molar-refractivity contribution in [3.63, 3.8) is 0 Å². The molecule has 0 bridgehead atoms. The van der Waals surface area contributed by atoms with Crippen LogP contribution in [0.3, 0.4) is 0 Å². The van der Waals surface area contributed by atoms with E-state index in [1.54, 1.807) is 0 Å². The lowest BCUT2D eigenvalue weighted by molar-refractivity contribution is 0.335. The van der Waals surface area contributed by atoms with Gasteiger partial charge in [-0.25, -0.2) is 0 Å². The molecule has 1 unspecified atom stereocenters. The van der Waals surface area contributed by atoms with E-state index >= 15 is 0 Å². The SMILES string of the molecule is CCOc1ccc(C)cc1C(CN)c1cc(C)nn1C. The highest BCUT2D eigenvalue weighted by Gasteiger charge is 2.20. The molecule has 4 nitrogen and oxygen atoms in total. The number of ether oxygens (including phenoxy) is 1. The van der Waals surface area contributed by atoms with Gasteiger partial charge in [-0.05, 0) is 32.9 Å². The summed E-state index contributed by atoms with van der Waals surface area (Å²) in [4.78, 5) is 0. The summed E-state index contributed by atoms with van der Waals surface area (Å²) in [6, 6.07) is 8.34. The van der Waals surface area contributed by atoms with Crippen LogP contribution >= 0.6 is 0 Å². The normalized spacial score (nSPS) is 12.4. The number of nitrogens with two attached hydrogens (primary N) is 1. The minimum atomic E-state index is 0.0997. The molecule has 0 aliphatic heterocycles. The van der Waals surface area contributed by atoms with Crippen LogP contribution in [0, 0.1) is 13.8 Å². The van der Waals surface area contributed by atoms with Gasteiger partial charge in [0.15, 0.2) is 0 Å². The Morgan fingerprint density at radius 3 is 2.60 bits per heavy atom. The Kier molecular flexibility index (Phi) is 4.45. The van der Waals surface area contributed by atoms with E-state index in [9.17, 15) is 0 Å². The molecule has 0 saturated carbocycles. The molecule has 2 N–H and O–H groups in total. The van der Waals surface area contributed by atoms with Gasteiger partial charge in [0, 0.05) is 30.8 Å². The van der Waals surface area contributed by atoms with Gasteiger partial charge in [-0.3, -0.25) is 4.68 Å². The van der Waals surface area contributed by atoms with Crippen molar-refractivity contribution < 1.29 is 4.74 Å². The topological polar surface area (TPSA) is 53.1 Å². The average Bonchev–Trinajstić information content (AvgIpc) is 2.73. The Balaban J connectivity index is 2.51. The summed E-state index contributed by atoms with van der Waals surface area (Å²) < 4.78 is 7.67. The number of aromatic nitrogens is 2. The Bertz CT molecular complexity index is 589. The molecule has 0 radical (unpaired) electrons. The van der Waals surface area contributed by atoms with Gasteiger partial charge in [0.05, 0.1) is 12.3 Å². The first kappa shape index (κ1) is 14.6. The zero-order valence-electron chi connectivity index (χ0n) is 12.7. The van der Waals surface area contributed by atoms with Crippen LogP contribution in [0.1, 0.15) is 35.4 Å². The number of benzene rings is 1. The molecule has 0 aliphatic rings. The van der Waals surface area contributed by atoms with Gasteiger partial charge in [0.2, 0.25) is 0 Å². The molecule has 0 amide bonds. The second-order valence-electron chi connectivity index (χ2n) is 5.10. The molecule has 20 heavy (non-hydrogen) atoms. The molecule has 1 atom stereocenters. The summed E-state index contributed by atoms with van der Waals surface area (Å²) in [6.07, 6.45) is 0. The first-order valence-electron chi connectivity index (χ1n) is 7.00. The van der Waals surface area contributed by atoms with Crippen molar-refractivity contribution in [3.8, 4) is 5.75 Å². The first-order valence-corrected chi connectivity index (χ1v) is 7.00. The van der Waals surface area contributed by atoms with Crippen LogP contribution < -0.4 is 10.5 Å². The van der Waals surface area contributed by atoms with Crippen molar-refractivity contribution >= 4 is 0 Å². The second-order valence-corrected chi connectivity index (χ2v) is 5.10. The van der Waals surface area contributed by atoms with Crippen LogP contribution in [0.4, 0.5) is 0 Å². The lowest BCUT2D eigenvalue weighted by Gasteiger charge is -2.20. The minimum absolute atomic E-state index is 0.0997. The molecule has 2 rings (SSSR count). The maximum Gasteiger partial charge on any atom is 0.123 e. The molecule has 108 valence electrons. The van der Waals surface area contributed by atoms with Crippen LogP contribution in [0.25, 0.3) is 0 Å². The van der Waals surface area contributed by atoms with Crippen molar-refractivity contribution in [2.75, 3.05) is 13.2 Å². The fourth-order valence-corrected chi connectivity index (χ4v) is 2.59. The van der Waals surface area contributed by atoms with Crippen LogP contribution in [-0.2, 0) is 7.05 Å². The maximum atomic E-state index is 6.03. The Morgan fingerprint density at radius 2 is 2.05 bits per heavy atom. The summed E-state index contributed by atoms with van der Waals surface area (Å²) in [5, 5.41) is 4.42. The molecule has 0 spiro atoms. The molecule has 0 saturated heterocycles. The Labute approximate surface area is 120 Å². The number of nitrogens with zero attached hydrogens (tertiary/aromatic N) is 2. The molecule has 1 heterocycles. The van der Waals surface area contributed by atoms with Crippen LogP contribution in [0.5, 0.6) is 5.75 Å². The summed E-state index contributed by atoms with van der Waals surface area (Å²) in [5.74, 6) is 1.01. The quantitative estimate of drug-likeness (QED) is 0.910. The molecule has 1 aromatic heterocycles. The highest BCUT2D eigenvalue weighted by molar-refractivity contribution is 5.43. The lowest BCUT2D eigenvalue weighted by atomic mass is 9.93. The van der Waals surface area contributed by atoms with Crippen LogP contribution in [0.2, 0.25) is 0 Å². The van der Waals surface area contributed by atoms with E-state index in [0.717, 1.165) is 22.7 Å². The molecule has 2 aromatic rings. The molecule has 0 fully saturated rings. The number of hydrogen-bond donors (Lipinski definition) is 1. The fraction of sp³-hybridized carbons (Fsp3) is 0.438. The van der Waals surface area contributed by atoms with E-state index in [0.29, 0.717) is 13.2 Å². The summed E-state index contributed by atoms with van der Waals surface area (Å²) >= 11 is 0. The first-order chi connectivity index (χ1) is 9.56. The monoisotopic (exact) mass is 273 g/mol. The third kappa shape index (κ3) is 2.85. The van der Waals surface area contributed by atoms with E-state index in [2.05, 4.69) is 30.2 Å². The van der Waals surface area contributed by atoms with Crippen molar-refractivity contribution in [1.82, 2.24) is 9.78 Å². The standard InChI is InChI=1S/C16H23N3O/c1-5-20-16-7-6-11(2)8-13(16)14(10-17)15-9-12(3)18-19(15)4/h6-9,14H,5,10,17H2,1-4H3. The lowest BCUT2D eigenvalue weighted by Crippen LogP contribution is -2.18. The van der Waals surface area contributed by atoms with E-state index in [4.69, 9.17) is 10.5 Å². The van der Waals surface area contributed by atoms with Gasteiger partial charge in [0.1, 0.15) is 5.75 Å². The highest BCUT2D eigenvalue weighted by atomic mass is 16.5. The number of rotatable bonds is 5. The van der Waals surface area contributed by atoms with Gasteiger partial charge in [-0.1, -0.05) is 17.7 Å². The maximum absolute atomic E-state index is 6.03. The zero-order valence-corrected chi connectivity index (χ0v) is 12.7. The summed E-state index contributed by atoms with van der Waals surface area (Å²) in [6.45, 7) is 7.26. The summed E-state index contributed by atoms with van der Waals surface area (Å²) in [5.41, 5.74) is 10.5. The van der Waals surface area contributed by atoms with Gasteiger partial charge >= 0.3 is 0 Å². The largest absolute Gasteiger partial charge is 0.494 e. The van der Waals surface area contributed by atoms with Crippen molar-refractivity contribution in [2.24, 2.45) is 12.8 Å². The third-order valence-corrected chi connectivity index (χ3v) is 3.47. The van der Waals surface area contributed by atoms with Crippen molar-refractivity contribution in [3.05, 3.63) is 46.8 Å². The molecule has 0 aliphatic carbocycles. The molecular formula is C16H23N3O. The Hall–Kier alpha value is -1.81. The van der Waals surface area contributed by atoms with Crippen molar-refractivity contribution in [1.29, 1.82) is 0 Å². The average molecular weight is 273 g/mol. The van der Waals surface area contributed by atoms with E-state index in [1.165, 1.54) is 5.56 Å². The van der Waals surface area contributed by atoms with E-state index in [-0.39, 0.29) is 5.92 Å². The molecule has 4 heteroatoms. The smallest absolute Gasteiger partial charge is 0.123 e. The Morgan fingerprint density at radius 1 is 1.30 bits per heavy atom. The molecular weight excluding hydrogens is 250 g/mol. The fourth-order valence-electron chi connectivity index (χ4n) is 2.59. The second kappa shape index (κ2) is 6.09. The number of aryl methyl sites for hydroxylation is 3. The van der Waals surface area contributed by atoms with E-state index in [1.807, 2.05) is 31.6 Å². The highest BCUT2D eigenvalue weighted by Crippen LogP contribution is 2.32. The van der Waals surface area contributed by atoms with Crippen LogP contribution in [-0.4, -0.2) is 22.9 Å². The predicted molar refractivity (Wildman–Crippen MR) is 81.2 cm³/mol. The predicted octanol–water partition coefficient (Wildman–Crippen LogP) is 2.53. The van der Waals surface area contributed by atoms with E-state index < -0.39 is 0 Å². The van der Waals surface area contributed by atoms with Crippen LogP contribution in [0.15, 0.2) is 24.3 Å². The van der Waals surface area contributed by atoms with Crippen molar-refractivity contribution in [2.45, 2.75) is 26.7 Å². The number of hydrogen-bond acceptors (Lipinski definition) is 3. The third-order valence-electron chi connectivity index (χ3n) is 3.47. The minimum Gasteiger partial charge on any atom is -0.494 e. The summed E-state index contributed by atoms with van der Waals surface area (Å²) in [7, 11) is 1.96.